The molecule has 4 nitrogen and oxygen atoms in total. The summed E-state index contributed by atoms with van der Waals surface area (Å²) in [5.74, 6) is 0.549. The van der Waals surface area contributed by atoms with E-state index in [9.17, 15) is 4.79 Å². The van der Waals surface area contributed by atoms with Crippen LogP contribution in [-0.2, 0) is 0 Å². The minimum Gasteiger partial charge on any atom is -0.306 e. The van der Waals surface area contributed by atoms with E-state index in [2.05, 4.69) is 15.0 Å². The van der Waals surface area contributed by atoms with E-state index in [4.69, 9.17) is 0 Å². The third-order valence-corrected chi connectivity index (χ3v) is 3.93. The molecule has 2 heterocycles. The van der Waals surface area contributed by atoms with Crippen molar-refractivity contribution in [2.75, 3.05) is 0 Å². The number of hydrogen-bond acceptors (Lipinski definition) is 3. The molecule has 0 spiro atoms. The number of aromatic nitrogens is 3. The monoisotopic (exact) mass is 325 g/mol. The molecule has 2 aromatic carbocycles. The average Bonchev–Trinajstić information content (AvgIpc) is 2.69. The van der Waals surface area contributed by atoms with E-state index in [1.54, 1.807) is 6.20 Å². The summed E-state index contributed by atoms with van der Waals surface area (Å²) < 4.78 is 0. The molecule has 0 bridgehead atoms. The molecule has 0 aliphatic heterocycles. The van der Waals surface area contributed by atoms with E-state index in [1.807, 2.05) is 72.9 Å². The molecule has 4 aromatic rings. The molecule has 0 amide bonds. The molecule has 4 heteroatoms. The Balaban J connectivity index is 1.81. The third kappa shape index (κ3) is 3.23. The maximum atomic E-state index is 12.1. The Bertz CT molecular complexity index is 1060. The largest absolute Gasteiger partial charge is 0.306 e. The van der Waals surface area contributed by atoms with Gasteiger partial charge in [0.1, 0.15) is 5.82 Å². The van der Waals surface area contributed by atoms with Crippen LogP contribution < -0.4 is 5.56 Å². The minimum atomic E-state index is -0.186. The van der Waals surface area contributed by atoms with Crippen molar-refractivity contribution in [1.29, 1.82) is 0 Å². The first-order valence-electron chi connectivity index (χ1n) is 7.97. The Morgan fingerprint density at radius 2 is 1.32 bits per heavy atom. The lowest BCUT2D eigenvalue weighted by atomic mass is 10.0. The molecule has 0 fully saturated rings. The molecule has 25 heavy (non-hydrogen) atoms. The highest BCUT2D eigenvalue weighted by atomic mass is 16.1. The standard InChI is InChI=1S/C21H15N3O/c25-20-12-19(23-21(24-20)16-9-5-2-6-10-16)18-11-17(13-22-14-18)15-7-3-1-4-8-15/h1-14H,(H,23,24,25). The molecule has 120 valence electrons. The SMILES string of the molecule is O=c1cc(-c2cncc(-c3ccccc3)c2)nc(-c2ccccc2)[nH]1. The summed E-state index contributed by atoms with van der Waals surface area (Å²) >= 11 is 0. The summed E-state index contributed by atoms with van der Waals surface area (Å²) in [4.78, 5) is 23.8. The van der Waals surface area contributed by atoms with Crippen molar-refractivity contribution in [3.8, 4) is 33.8 Å². The average molecular weight is 325 g/mol. The highest BCUT2D eigenvalue weighted by Gasteiger charge is 2.08. The molecular weight excluding hydrogens is 310 g/mol. The molecule has 0 saturated heterocycles. The van der Waals surface area contributed by atoms with Crippen molar-refractivity contribution in [3.63, 3.8) is 0 Å². The van der Waals surface area contributed by atoms with Crippen molar-refractivity contribution in [1.82, 2.24) is 15.0 Å². The molecule has 4 rings (SSSR count). The Kier molecular flexibility index (Phi) is 3.92. The number of benzene rings is 2. The molecule has 2 aromatic heterocycles. The number of hydrogen-bond donors (Lipinski definition) is 1. The number of rotatable bonds is 3. The van der Waals surface area contributed by atoms with Crippen LogP contribution in [0.3, 0.4) is 0 Å². The van der Waals surface area contributed by atoms with Gasteiger partial charge in [0.15, 0.2) is 0 Å². The van der Waals surface area contributed by atoms with Crippen molar-refractivity contribution in [2.45, 2.75) is 0 Å². The summed E-state index contributed by atoms with van der Waals surface area (Å²) in [5.41, 5.74) is 4.16. The van der Waals surface area contributed by atoms with Crippen molar-refractivity contribution in [2.24, 2.45) is 0 Å². The Morgan fingerprint density at radius 3 is 2.04 bits per heavy atom. The lowest BCUT2D eigenvalue weighted by Gasteiger charge is -2.07. The Hall–Kier alpha value is -3.53. The van der Waals surface area contributed by atoms with Gasteiger partial charge >= 0.3 is 0 Å². The molecule has 0 aliphatic rings. The van der Waals surface area contributed by atoms with Crippen LogP contribution in [0.5, 0.6) is 0 Å². The third-order valence-electron chi connectivity index (χ3n) is 3.93. The van der Waals surface area contributed by atoms with Gasteiger partial charge in [0.05, 0.1) is 5.69 Å². The predicted octanol–water partition coefficient (Wildman–Crippen LogP) is 4.17. The second-order valence-electron chi connectivity index (χ2n) is 5.67. The minimum absolute atomic E-state index is 0.186. The number of nitrogens with one attached hydrogen (secondary N) is 1. The van der Waals surface area contributed by atoms with Crippen LogP contribution in [0.1, 0.15) is 0 Å². The van der Waals surface area contributed by atoms with Gasteiger partial charge in [-0.1, -0.05) is 60.7 Å². The van der Waals surface area contributed by atoms with Gasteiger partial charge in [-0.25, -0.2) is 4.98 Å². The van der Waals surface area contributed by atoms with Crippen LogP contribution in [0.15, 0.2) is 90.0 Å². The number of nitrogens with zero attached hydrogens (tertiary/aromatic N) is 2. The lowest BCUT2D eigenvalue weighted by molar-refractivity contribution is 1.13. The zero-order chi connectivity index (χ0) is 17.1. The molecular formula is C21H15N3O. The molecule has 0 saturated carbocycles. The number of pyridine rings is 1. The molecule has 0 unspecified atom stereocenters. The van der Waals surface area contributed by atoms with Gasteiger partial charge < -0.3 is 4.98 Å². The van der Waals surface area contributed by atoms with Crippen LogP contribution >= 0.6 is 0 Å². The highest BCUT2D eigenvalue weighted by molar-refractivity contribution is 5.70. The highest BCUT2D eigenvalue weighted by Crippen LogP contribution is 2.24. The summed E-state index contributed by atoms with van der Waals surface area (Å²) in [6.45, 7) is 0. The zero-order valence-corrected chi connectivity index (χ0v) is 13.4. The first kappa shape index (κ1) is 15.0. The van der Waals surface area contributed by atoms with Crippen LogP contribution in [0.2, 0.25) is 0 Å². The fraction of sp³-hybridized carbons (Fsp3) is 0. The van der Waals surface area contributed by atoms with Crippen LogP contribution in [-0.4, -0.2) is 15.0 Å². The number of H-pyrrole nitrogens is 1. The fourth-order valence-corrected chi connectivity index (χ4v) is 2.71. The smallest absolute Gasteiger partial charge is 0.251 e. The van der Waals surface area contributed by atoms with Crippen molar-refractivity contribution in [3.05, 3.63) is 95.5 Å². The summed E-state index contributed by atoms with van der Waals surface area (Å²) in [5, 5.41) is 0. The van der Waals surface area contributed by atoms with E-state index in [1.165, 1.54) is 6.07 Å². The van der Waals surface area contributed by atoms with E-state index < -0.39 is 0 Å². The fourth-order valence-electron chi connectivity index (χ4n) is 2.71. The lowest BCUT2D eigenvalue weighted by Crippen LogP contribution is -2.08. The van der Waals surface area contributed by atoms with Crippen LogP contribution in [0.4, 0.5) is 0 Å². The molecule has 0 radical (unpaired) electrons. The van der Waals surface area contributed by atoms with Gasteiger partial charge in [-0.2, -0.15) is 0 Å². The topological polar surface area (TPSA) is 58.6 Å². The van der Waals surface area contributed by atoms with Gasteiger partial charge in [-0.3, -0.25) is 9.78 Å². The van der Waals surface area contributed by atoms with Crippen molar-refractivity contribution < 1.29 is 0 Å². The van der Waals surface area contributed by atoms with E-state index in [-0.39, 0.29) is 5.56 Å². The molecule has 0 aliphatic carbocycles. The Labute approximate surface area is 144 Å². The van der Waals surface area contributed by atoms with Crippen LogP contribution in [0, 0.1) is 0 Å². The Morgan fingerprint density at radius 1 is 0.680 bits per heavy atom. The van der Waals surface area contributed by atoms with Gasteiger partial charge in [-0.15, -0.1) is 0 Å². The quantitative estimate of drug-likeness (QED) is 0.615. The van der Waals surface area contributed by atoms with Crippen LogP contribution in [0.25, 0.3) is 33.8 Å². The second-order valence-corrected chi connectivity index (χ2v) is 5.67. The number of aromatic amines is 1. The maximum Gasteiger partial charge on any atom is 0.251 e. The predicted molar refractivity (Wildman–Crippen MR) is 99.0 cm³/mol. The molecule has 1 N–H and O–H groups in total. The first-order valence-corrected chi connectivity index (χ1v) is 7.97. The summed E-state index contributed by atoms with van der Waals surface area (Å²) in [6.07, 6.45) is 3.53. The van der Waals surface area contributed by atoms with E-state index in [0.717, 1.165) is 22.3 Å². The van der Waals surface area contributed by atoms with Gasteiger partial charge in [0.25, 0.3) is 5.56 Å². The zero-order valence-electron chi connectivity index (χ0n) is 13.4. The summed E-state index contributed by atoms with van der Waals surface area (Å²) in [7, 11) is 0. The normalized spacial score (nSPS) is 10.6. The van der Waals surface area contributed by atoms with E-state index in [0.29, 0.717) is 11.5 Å². The van der Waals surface area contributed by atoms with Gasteiger partial charge in [0, 0.05) is 35.2 Å². The second kappa shape index (κ2) is 6.53. The van der Waals surface area contributed by atoms with Gasteiger partial charge in [-0.05, 0) is 11.6 Å². The van der Waals surface area contributed by atoms with Crippen molar-refractivity contribution >= 4 is 0 Å². The molecule has 0 atom stereocenters. The van der Waals surface area contributed by atoms with Gasteiger partial charge in [0.2, 0.25) is 0 Å². The van der Waals surface area contributed by atoms with E-state index >= 15 is 0 Å². The maximum absolute atomic E-state index is 12.1. The first-order chi connectivity index (χ1) is 12.3. The summed E-state index contributed by atoms with van der Waals surface area (Å²) in [6, 6.07) is 23.1.